The minimum Gasteiger partial charge on any atom is -0.366 e. The zero-order valence-electron chi connectivity index (χ0n) is 23.1. The lowest BCUT2D eigenvalue weighted by Crippen LogP contribution is -2.53. The molecule has 0 spiro atoms. The summed E-state index contributed by atoms with van der Waals surface area (Å²) in [4.78, 5) is 18.9. The maximum Gasteiger partial charge on any atom is 0.127 e. The van der Waals surface area contributed by atoms with Crippen molar-refractivity contribution >= 4 is 5.82 Å². The quantitative estimate of drug-likeness (QED) is 0.338. The Morgan fingerprint density at radius 1 is 0.846 bits per heavy atom. The number of hydrogen-bond acceptors (Lipinski definition) is 6. The van der Waals surface area contributed by atoms with E-state index in [-0.39, 0.29) is 5.54 Å². The number of benzene rings is 1. The maximum absolute atomic E-state index is 4.86. The molecule has 5 rings (SSSR count). The molecule has 0 unspecified atom stereocenters. The van der Waals surface area contributed by atoms with Crippen LogP contribution in [0.2, 0.25) is 0 Å². The number of nitrogens with one attached hydrogen (secondary N) is 1. The fraction of sp³-hybridized carbons (Fsp3) is 0.303. The van der Waals surface area contributed by atoms with E-state index in [1.807, 2.05) is 48.8 Å². The predicted octanol–water partition coefficient (Wildman–Crippen LogP) is 5.59. The van der Waals surface area contributed by atoms with Gasteiger partial charge in [0.05, 0.1) is 17.9 Å². The molecule has 0 amide bonds. The Bertz CT molecular complexity index is 1430. The molecule has 1 aromatic carbocycles. The van der Waals surface area contributed by atoms with Gasteiger partial charge >= 0.3 is 0 Å². The number of rotatable bonds is 6. The van der Waals surface area contributed by atoms with Crippen molar-refractivity contribution in [3.05, 3.63) is 96.4 Å². The summed E-state index contributed by atoms with van der Waals surface area (Å²) < 4.78 is 0. The molecule has 1 fully saturated rings. The number of nitrogens with zero attached hydrogens (tertiary/aromatic N) is 5. The fourth-order valence-corrected chi connectivity index (χ4v) is 4.72. The smallest absolute Gasteiger partial charge is 0.127 e. The lowest BCUT2D eigenvalue weighted by molar-refractivity contribution is 0.0683. The van der Waals surface area contributed by atoms with Gasteiger partial charge in [-0.2, -0.15) is 0 Å². The van der Waals surface area contributed by atoms with E-state index in [0.717, 1.165) is 66.6 Å². The average Bonchev–Trinajstić information content (AvgIpc) is 2.97. The highest BCUT2D eigenvalue weighted by Gasteiger charge is 2.25. The van der Waals surface area contributed by atoms with Crippen LogP contribution >= 0.6 is 0 Å². The lowest BCUT2D eigenvalue weighted by Gasteiger charge is -2.41. The van der Waals surface area contributed by atoms with Crippen LogP contribution in [0.25, 0.3) is 22.5 Å². The second-order valence-electron chi connectivity index (χ2n) is 10.9. The van der Waals surface area contributed by atoms with Crippen molar-refractivity contribution in [3.8, 4) is 34.4 Å². The first-order chi connectivity index (χ1) is 18.9. The molecule has 4 heterocycles. The summed E-state index contributed by atoms with van der Waals surface area (Å²) in [5, 5.41) is 3.48. The Morgan fingerprint density at radius 2 is 1.64 bits per heavy atom. The largest absolute Gasteiger partial charge is 0.366 e. The highest BCUT2D eigenvalue weighted by Crippen LogP contribution is 2.27. The summed E-state index contributed by atoms with van der Waals surface area (Å²) in [6.45, 7) is 12.6. The summed E-state index contributed by atoms with van der Waals surface area (Å²) in [5.74, 6) is 7.51. The summed E-state index contributed by atoms with van der Waals surface area (Å²) in [7, 11) is 0. The molecular formula is C33H36N6. The van der Waals surface area contributed by atoms with Crippen LogP contribution in [0.4, 0.5) is 5.82 Å². The molecular weight excluding hydrogens is 480 g/mol. The minimum absolute atomic E-state index is 0.226. The van der Waals surface area contributed by atoms with Crippen LogP contribution in [-0.2, 0) is 6.54 Å². The molecule has 3 aromatic heterocycles. The van der Waals surface area contributed by atoms with Gasteiger partial charge in [0.25, 0.3) is 0 Å². The molecule has 39 heavy (non-hydrogen) atoms. The molecule has 0 atom stereocenters. The Morgan fingerprint density at radius 3 is 2.38 bits per heavy atom. The second kappa shape index (κ2) is 12.2. The molecule has 198 valence electrons. The molecule has 1 aliphatic heterocycles. The molecule has 6 heteroatoms. The molecule has 6 nitrogen and oxygen atoms in total. The van der Waals surface area contributed by atoms with Gasteiger partial charge < -0.3 is 5.32 Å². The van der Waals surface area contributed by atoms with Gasteiger partial charge in [-0.05, 0) is 62.2 Å². The van der Waals surface area contributed by atoms with E-state index in [2.05, 4.69) is 88.0 Å². The third-order valence-corrected chi connectivity index (χ3v) is 7.00. The number of piperazine rings is 1. The summed E-state index contributed by atoms with van der Waals surface area (Å²) in [6, 6.07) is 22.4. The number of hydrogen-bond donors (Lipinski definition) is 1. The normalized spacial score (nSPS) is 14.4. The third-order valence-electron chi connectivity index (χ3n) is 7.00. The van der Waals surface area contributed by atoms with E-state index in [1.165, 1.54) is 5.56 Å². The highest BCUT2D eigenvalue weighted by molar-refractivity contribution is 5.73. The fourth-order valence-electron chi connectivity index (χ4n) is 4.72. The molecule has 0 bridgehead atoms. The Hall–Kier alpha value is -4.05. The maximum atomic E-state index is 4.86. The minimum atomic E-state index is 0.226. The van der Waals surface area contributed by atoms with Crippen molar-refractivity contribution in [2.24, 2.45) is 0 Å². The van der Waals surface area contributed by atoms with E-state index in [4.69, 9.17) is 4.98 Å². The van der Waals surface area contributed by atoms with Crippen LogP contribution in [-0.4, -0.2) is 63.0 Å². The van der Waals surface area contributed by atoms with Crippen molar-refractivity contribution in [1.82, 2.24) is 24.8 Å². The van der Waals surface area contributed by atoms with Crippen molar-refractivity contribution in [3.63, 3.8) is 0 Å². The van der Waals surface area contributed by atoms with Gasteiger partial charge in [-0.1, -0.05) is 48.2 Å². The van der Waals surface area contributed by atoms with Gasteiger partial charge in [-0.3, -0.25) is 19.8 Å². The molecule has 0 saturated carbocycles. The van der Waals surface area contributed by atoms with Crippen molar-refractivity contribution in [1.29, 1.82) is 0 Å². The van der Waals surface area contributed by atoms with E-state index in [9.17, 15) is 0 Å². The number of anilines is 1. The zero-order chi connectivity index (χ0) is 27.1. The number of pyridine rings is 3. The molecule has 1 aliphatic rings. The van der Waals surface area contributed by atoms with Crippen LogP contribution in [0.15, 0.2) is 85.3 Å². The van der Waals surface area contributed by atoms with Crippen LogP contribution in [0.5, 0.6) is 0 Å². The van der Waals surface area contributed by atoms with Gasteiger partial charge in [0, 0.05) is 68.0 Å². The Balaban J connectivity index is 1.33. The molecule has 1 N–H and O–H groups in total. The van der Waals surface area contributed by atoms with E-state index in [0.29, 0.717) is 6.54 Å². The van der Waals surface area contributed by atoms with Crippen LogP contribution in [0, 0.1) is 11.8 Å². The van der Waals surface area contributed by atoms with Crippen molar-refractivity contribution in [2.45, 2.75) is 32.9 Å². The first-order valence-corrected chi connectivity index (χ1v) is 13.6. The van der Waals surface area contributed by atoms with Crippen molar-refractivity contribution < 1.29 is 0 Å². The topological polar surface area (TPSA) is 57.2 Å². The third kappa shape index (κ3) is 7.29. The van der Waals surface area contributed by atoms with E-state index >= 15 is 0 Å². The zero-order valence-corrected chi connectivity index (χ0v) is 23.1. The lowest BCUT2D eigenvalue weighted by atomic mass is 10.0. The monoisotopic (exact) mass is 516 g/mol. The van der Waals surface area contributed by atoms with Gasteiger partial charge in [0.2, 0.25) is 0 Å². The molecule has 0 aliphatic carbocycles. The second-order valence-corrected chi connectivity index (χ2v) is 10.9. The molecule has 1 saturated heterocycles. The van der Waals surface area contributed by atoms with Crippen LogP contribution in [0.1, 0.15) is 31.9 Å². The Kier molecular flexibility index (Phi) is 8.31. The average molecular weight is 517 g/mol. The summed E-state index contributed by atoms with van der Waals surface area (Å²) >= 11 is 0. The standard InChI is InChI=1S/C33H36N6/c1-33(2,3)39-18-16-38(17-19-39)15-9-12-27-20-29(25-34-23-27)28-21-31(30-13-7-8-14-35-30)37-32(22-28)36-24-26-10-5-4-6-11-26/h4-8,10-11,13-14,20-23,25H,15-19,24H2,1-3H3,(H,36,37). The SMILES string of the molecule is CC(C)(C)N1CCN(CC#Cc2cncc(-c3cc(NCc4ccccc4)nc(-c4ccccn4)c3)c2)CC1. The van der Waals surface area contributed by atoms with Gasteiger partial charge in [0.15, 0.2) is 0 Å². The highest BCUT2D eigenvalue weighted by atomic mass is 15.3. The Labute approximate surface area is 232 Å². The van der Waals surface area contributed by atoms with Crippen LogP contribution < -0.4 is 5.32 Å². The van der Waals surface area contributed by atoms with Gasteiger partial charge in [0.1, 0.15) is 5.82 Å². The van der Waals surface area contributed by atoms with Gasteiger partial charge in [-0.25, -0.2) is 4.98 Å². The van der Waals surface area contributed by atoms with Gasteiger partial charge in [-0.15, -0.1) is 0 Å². The van der Waals surface area contributed by atoms with Crippen LogP contribution in [0.3, 0.4) is 0 Å². The molecule has 4 aromatic rings. The summed E-state index contributed by atoms with van der Waals surface area (Å²) in [5.41, 5.74) is 6.01. The van der Waals surface area contributed by atoms with Crippen molar-refractivity contribution in [2.75, 3.05) is 38.0 Å². The summed E-state index contributed by atoms with van der Waals surface area (Å²) in [6.07, 6.45) is 5.51. The first-order valence-electron chi connectivity index (χ1n) is 13.6. The van der Waals surface area contributed by atoms with E-state index < -0.39 is 0 Å². The molecule has 0 radical (unpaired) electrons. The van der Waals surface area contributed by atoms with E-state index in [1.54, 1.807) is 6.20 Å². The number of aromatic nitrogens is 3. The predicted molar refractivity (Wildman–Crippen MR) is 159 cm³/mol. The first kappa shape index (κ1) is 26.6.